The molecule has 0 radical (unpaired) electrons. The fourth-order valence-electron chi connectivity index (χ4n) is 2.32. The second kappa shape index (κ2) is 5.44. The van der Waals surface area contributed by atoms with E-state index in [1.807, 2.05) is 20.8 Å². The summed E-state index contributed by atoms with van der Waals surface area (Å²) in [6.45, 7) is 7.75. The van der Waals surface area contributed by atoms with Gasteiger partial charge in [0.05, 0.1) is 18.7 Å². The van der Waals surface area contributed by atoms with Crippen LogP contribution in [-0.4, -0.2) is 33.0 Å². The molecule has 2 heterocycles. The van der Waals surface area contributed by atoms with Gasteiger partial charge >= 0.3 is 5.97 Å². The van der Waals surface area contributed by atoms with Gasteiger partial charge in [0, 0.05) is 11.3 Å². The van der Waals surface area contributed by atoms with Crippen LogP contribution in [-0.2, 0) is 16.1 Å². The Morgan fingerprint density at radius 2 is 2.10 bits per heavy atom. The zero-order chi connectivity index (χ0) is 14.9. The maximum Gasteiger partial charge on any atom is 0.312 e. The van der Waals surface area contributed by atoms with Gasteiger partial charge in [-0.15, -0.1) is 0 Å². The van der Waals surface area contributed by atoms with E-state index in [1.165, 1.54) is 7.11 Å². The van der Waals surface area contributed by atoms with Gasteiger partial charge in [0.15, 0.2) is 5.82 Å². The molecular weight excluding hydrogens is 260 g/mol. The van der Waals surface area contributed by atoms with Gasteiger partial charge in [-0.25, -0.2) is 0 Å². The summed E-state index contributed by atoms with van der Waals surface area (Å²) < 4.78 is 11.6. The second-order valence-electron chi connectivity index (χ2n) is 4.72. The Hall–Kier alpha value is -2.18. The monoisotopic (exact) mass is 278 g/mol. The molecule has 2 aromatic heterocycles. The van der Waals surface area contributed by atoms with E-state index in [9.17, 15) is 4.79 Å². The topological polar surface area (TPSA) is 83.0 Å². The van der Waals surface area contributed by atoms with Crippen molar-refractivity contribution in [3.63, 3.8) is 0 Å². The highest BCUT2D eigenvalue weighted by molar-refractivity contribution is 5.78. The number of methoxy groups -OCH3 is 1. The lowest BCUT2D eigenvalue weighted by molar-refractivity contribution is -0.142. The van der Waals surface area contributed by atoms with Crippen molar-refractivity contribution < 1.29 is 14.1 Å². The first kappa shape index (κ1) is 14.2. The normalized spacial score (nSPS) is 12.4. The molecule has 2 rings (SSSR count). The SMILES string of the molecule is COC(=O)[C@H](C)c1c(C)nn(Cc2nc(C)no2)c1C. The van der Waals surface area contributed by atoms with E-state index >= 15 is 0 Å². The van der Waals surface area contributed by atoms with Crippen LogP contribution in [0.1, 0.15) is 41.5 Å². The molecule has 20 heavy (non-hydrogen) atoms. The van der Waals surface area contributed by atoms with Gasteiger partial charge in [0.25, 0.3) is 0 Å². The van der Waals surface area contributed by atoms with Gasteiger partial charge in [0.1, 0.15) is 6.54 Å². The number of nitrogens with zero attached hydrogens (tertiary/aromatic N) is 4. The molecule has 0 amide bonds. The summed E-state index contributed by atoms with van der Waals surface area (Å²) in [7, 11) is 1.38. The third-order valence-corrected chi connectivity index (χ3v) is 3.28. The van der Waals surface area contributed by atoms with Crippen LogP contribution >= 0.6 is 0 Å². The summed E-state index contributed by atoms with van der Waals surface area (Å²) in [6, 6.07) is 0. The van der Waals surface area contributed by atoms with Crippen LogP contribution in [0.4, 0.5) is 0 Å². The van der Waals surface area contributed by atoms with Crippen molar-refractivity contribution in [3.8, 4) is 0 Å². The summed E-state index contributed by atoms with van der Waals surface area (Å²) in [5.41, 5.74) is 2.58. The lowest BCUT2D eigenvalue weighted by atomic mass is 9.99. The van der Waals surface area contributed by atoms with Crippen LogP contribution in [0.2, 0.25) is 0 Å². The molecule has 0 unspecified atom stereocenters. The number of hydrogen-bond donors (Lipinski definition) is 0. The van der Waals surface area contributed by atoms with Crippen LogP contribution in [0.5, 0.6) is 0 Å². The third-order valence-electron chi connectivity index (χ3n) is 3.28. The molecule has 0 aromatic carbocycles. The minimum Gasteiger partial charge on any atom is -0.469 e. The van der Waals surface area contributed by atoms with Crippen LogP contribution in [0.15, 0.2) is 4.52 Å². The maximum atomic E-state index is 11.7. The van der Waals surface area contributed by atoms with Gasteiger partial charge in [-0.1, -0.05) is 5.16 Å². The molecule has 0 aliphatic heterocycles. The minimum absolute atomic E-state index is 0.274. The predicted octanol–water partition coefficient (Wildman–Crippen LogP) is 1.52. The average Bonchev–Trinajstić information content (AvgIpc) is 2.93. The van der Waals surface area contributed by atoms with E-state index in [1.54, 1.807) is 11.6 Å². The molecule has 0 saturated carbocycles. The number of carbonyl (C=O) groups excluding carboxylic acids is 1. The van der Waals surface area contributed by atoms with Crippen LogP contribution in [0, 0.1) is 20.8 Å². The van der Waals surface area contributed by atoms with E-state index in [2.05, 4.69) is 15.2 Å². The highest BCUT2D eigenvalue weighted by Crippen LogP contribution is 2.24. The largest absolute Gasteiger partial charge is 0.469 e. The van der Waals surface area contributed by atoms with Gasteiger partial charge < -0.3 is 9.26 Å². The standard InChI is InChI=1S/C13H18N4O3/c1-7(13(18)19-5)12-8(2)15-17(9(12)3)6-11-14-10(4)16-20-11/h7H,6H2,1-5H3/t7-/m1/s1. The number of rotatable bonds is 4. The molecule has 0 bridgehead atoms. The molecule has 7 nitrogen and oxygen atoms in total. The van der Waals surface area contributed by atoms with Crippen LogP contribution in [0.25, 0.3) is 0 Å². The Kier molecular flexibility index (Phi) is 3.87. The molecule has 0 aliphatic rings. The lowest BCUT2D eigenvalue weighted by Gasteiger charge is -2.09. The first-order valence-corrected chi connectivity index (χ1v) is 6.35. The van der Waals surface area contributed by atoms with Crippen molar-refractivity contribution in [3.05, 3.63) is 28.7 Å². The van der Waals surface area contributed by atoms with Crippen molar-refractivity contribution in [2.24, 2.45) is 0 Å². The first-order chi connectivity index (χ1) is 9.43. The van der Waals surface area contributed by atoms with Gasteiger partial charge in [-0.05, 0) is 27.7 Å². The zero-order valence-corrected chi connectivity index (χ0v) is 12.3. The number of hydrogen-bond acceptors (Lipinski definition) is 6. The van der Waals surface area contributed by atoms with Gasteiger partial charge in [-0.3, -0.25) is 9.48 Å². The Balaban J connectivity index is 2.31. The predicted molar refractivity (Wildman–Crippen MR) is 70.3 cm³/mol. The number of ether oxygens (including phenoxy) is 1. The highest BCUT2D eigenvalue weighted by Gasteiger charge is 2.24. The Morgan fingerprint density at radius 3 is 2.65 bits per heavy atom. The lowest BCUT2D eigenvalue weighted by Crippen LogP contribution is -2.13. The molecule has 108 valence electrons. The summed E-state index contributed by atoms with van der Waals surface area (Å²) in [4.78, 5) is 15.8. The average molecular weight is 278 g/mol. The summed E-state index contributed by atoms with van der Waals surface area (Å²) in [6.07, 6.45) is 0. The summed E-state index contributed by atoms with van der Waals surface area (Å²) in [5.74, 6) is 0.456. The van der Waals surface area contributed by atoms with E-state index in [-0.39, 0.29) is 11.9 Å². The molecular formula is C13H18N4O3. The minimum atomic E-state index is -0.349. The van der Waals surface area contributed by atoms with Crippen molar-refractivity contribution in [1.29, 1.82) is 0 Å². The fraction of sp³-hybridized carbons (Fsp3) is 0.538. The van der Waals surface area contributed by atoms with Crippen molar-refractivity contribution in [1.82, 2.24) is 19.9 Å². The summed E-state index contributed by atoms with van der Waals surface area (Å²) >= 11 is 0. The molecule has 7 heteroatoms. The smallest absolute Gasteiger partial charge is 0.312 e. The molecule has 0 spiro atoms. The van der Waals surface area contributed by atoms with E-state index in [0.717, 1.165) is 17.0 Å². The molecule has 0 saturated heterocycles. The van der Waals surface area contributed by atoms with Gasteiger partial charge in [0.2, 0.25) is 5.89 Å². The van der Waals surface area contributed by atoms with Crippen LogP contribution < -0.4 is 0 Å². The molecule has 1 atom stereocenters. The zero-order valence-electron chi connectivity index (χ0n) is 12.3. The molecule has 0 N–H and O–H groups in total. The Morgan fingerprint density at radius 1 is 1.40 bits per heavy atom. The first-order valence-electron chi connectivity index (χ1n) is 6.35. The number of carbonyl (C=O) groups is 1. The molecule has 0 aliphatic carbocycles. The van der Waals surface area contributed by atoms with Crippen LogP contribution in [0.3, 0.4) is 0 Å². The highest BCUT2D eigenvalue weighted by atomic mass is 16.5. The Bertz CT molecular complexity index is 630. The third kappa shape index (κ3) is 2.56. The summed E-state index contributed by atoms with van der Waals surface area (Å²) in [5, 5.41) is 8.18. The van der Waals surface area contributed by atoms with E-state index < -0.39 is 0 Å². The van der Waals surface area contributed by atoms with Gasteiger partial charge in [-0.2, -0.15) is 10.1 Å². The number of esters is 1. The van der Waals surface area contributed by atoms with Crippen molar-refractivity contribution >= 4 is 5.97 Å². The quantitative estimate of drug-likeness (QED) is 0.788. The van der Waals surface area contributed by atoms with Crippen molar-refractivity contribution in [2.75, 3.05) is 7.11 Å². The molecule has 0 fully saturated rings. The molecule has 2 aromatic rings. The number of aromatic nitrogens is 4. The van der Waals surface area contributed by atoms with E-state index in [0.29, 0.717) is 18.3 Å². The fourth-order valence-corrected chi connectivity index (χ4v) is 2.32. The van der Waals surface area contributed by atoms with E-state index in [4.69, 9.17) is 9.26 Å². The van der Waals surface area contributed by atoms with Crippen molar-refractivity contribution in [2.45, 2.75) is 40.2 Å². The maximum absolute atomic E-state index is 11.7. The number of aryl methyl sites for hydroxylation is 2. The second-order valence-corrected chi connectivity index (χ2v) is 4.72. The Labute approximate surface area is 116 Å².